The summed E-state index contributed by atoms with van der Waals surface area (Å²) in [4.78, 5) is 24.2. The highest BCUT2D eigenvalue weighted by Crippen LogP contribution is 2.57. The zero-order chi connectivity index (χ0) is 18.5. The van der Waals surface area contributed by atoms with Crippen LogP contribution in [0.15, 0.2) is 36.5 Å². The van der Waals surface area contributed by atoms with E-state index in [1.807, 2.05) is 6.92 Å². The van der Waals surface area contributed by atoms with E-state index in [-0.39, 0.29) is 17.1 Å². The number of ether oxygens (including phenoxy) is 2. The summed E-state index contributed by atoms with van der Waals surface area (Å²) in [5.74, 6) is -1.91. The summed E-state index contributed by atoms with van der Waals surface area (Å²) < 4.78 is 11.1. The van der Waals surface area contributed by atoms with E-state index in [0.29, 0.717) is 19.3 Å². The molecular formula is C19H24O6. The summed E-state index contributed by atoms with van der Waals surface area (Å²) in [6, 6.07) is 0. The first kappa shape index (κ1) is 17.9. The van der Waals surface area contributed by atoms with Crippen molar-refractivity contribution >= 4 is 11.9 Å². The number of hydrogen-bond acceptors (Lipinski definition) is 6. The van der Waals surface area contributed by atoms with Crippen LogP contribution < -0.4 is 0 Å². The van der Waals surface area contributed by atoms with Gasteiger partial charge < -0.3 is 19.7 Å². The molecule has 3 rings (SSSR count). The van der Waals surface area contributed by atoms with Crippen LogP contribution >= 0.6 is 0 Å². The molecule has 0 aromatic rings. The zero-order valence-electron chi connectivity index (χ0n) is 14.4. The molecule has 0 spiro atoms. The number of carbonyl (C=O) groups is 2. The Morgan fingerprint density at radius 2 is 2.12 bits per heavy atom. The van der Waals surface area contributed by atoms with E-state index in [9.17, 15) is 14.7 Å². The van der Waals surface area contributed by atoms with Crippen molar-refractivity contribution in [3.8, 4) is 0 Å². The van der Waals surface area contributed by atoms with Gasteiger partial charge in [0.1, 0.15) is 12.2 Å². The lowest BCUT2D eigenvalue weighted by Crippen LogP contribution is -2.58. The molecule has 0 unspecified atom stereocenters. The molecule has 25 heavy (non-hydrogen) atoms. The van der Waals surface area contributed by atoms with E-state index in [1.165, 1.54) is 0 Å². The molecule has 6 nitrogen and oxygen atoms in total. The van der Waals surface area contributed by atoms with Crippen LogP contribution in [0.25, 0.3) is 0 Å². The minimum atomic E-state index is -0.718. The van der Waals surface area contributed by atoms with Gasteiger partial charge >= 0.3 is 11.9 Å². The van der Waals surface area contributed by atoms with Gasteiger partial charge in [-0.3, -0.25) is 0 Å². The van der Waals surface area contributed by atoms with Crippen molar-refractivity contribution in [2.24, 2.45) is 17.3 Å². The SMILES string of the molecule is C=C(CO)C(=O)O[C@H]1C[C@]2(C)[C@H](C(=C)CC[C@@H]2O)[C@H]2OC(=O)C(=C)[C@@H]21. The lowest BCUT2D eigenvalue weighted by molar-refractivity contribution is -0.175. The van der Waals surface area contributed by atoms with Crippen molar-refractivity contribution in [2.45, 2.75) is 44.5 Å². The predicted molar refractivity (Wildman–Crippen MR) is 89.2 cm³/mol. The Morgan fingerprint density at radius 1 is 1.44 bits per heavy atom. The molecule has 0 radical (unpaired) electrons. The standard InChI is InChI=1S/C19H24O6/c1-9-5-6-13(21)19(4)7-12(24-17(22)10(2)8-20)14-11(3)18(23)25-16(14)15(9)19/h12-16,20-21H,1-3,5-8H2,4H3/t12-,13-,14+,15+,16-,19-/m0/s1. The molecule has 3 fully saturated rings. The molecule has 0 aromatic heterocycles. The molecule has 2 aliphatic carbocycles. The summed E-state index contributed by atoms with van der Waals surface area (Å²) in [6.45, 7) is 12.8. The number of aliphatic hydroxyl groups is 2. The average molecular weight is 348 g/mol. The molecule has 2 N–H and O–H groups in total. The van der Waals surface area contributed by atoms with Crippen molar-refractivity contribution in [3.05, 3.63) is 36.5 Å². The van der Waals surface area contributed by atoms with Gasteiger partial charge in [0.05, 0.1) is 24.2 Å². The monoisotopic (exact) mass is 348 g/mol. The summed E-state index contributed by atoms with van der Waals surface area (Å²) in [6.07, 6.45) is -0.247. The van der Waals surface area contributed by atoms with Gasteiger partial charge in [-0.2, -0.15) is 0 Å². The van der Waals surface area contributed by atoms with Crippen molar-refractivity contribution in [1.82, 2.24) is 0 Å². The molecule has 0 amide bonds. The van der Waals surface area contributed by atoms with E-state index >= 15 is 0 Å². The Labute approximate surface area is 146 Å². The molecule has 3 aliphatic rings. The smallest absolute Gasteiger partial charge is 0.336 e. The van der Waals surface area contributed by atoms with Gasteiger partial charge in [0.2, 0.25) is 0 Å². The summed E-state index contributed by atoms with van der Waals surface area (Å²) in [7, 11) is 0. The largest absolute Gasteiger partial charge is 0.458 e. The number of rotatable bonds is 3. The fraction of sp³-hybridized carbons (Fsp3) is 0.579. The highest BCUT2D eigenvalue weighted by molar-refractivity contribution is 5.92. The van der Waals surface area contributed by atoms with Crippen LogP contribution in [0.5, 0.6) is 0 Å². The summed E-state index contributed by atoms with van der Waals surface area (Å²) >= 11 is 0. The lowest BCUT2D eigenvalue weighted by Gasteiger charge is -2.54. The van der Waals surface area contributed by atoms with E-state index in [2.05, 4.69) is 19.7 Å². The van der Waals surface area contributed by atoms with E-state index in [4.69, 9.17) is 14.6 Å². The normalized spacial score (nSPS) is 40.1. The Morgan fingerprint density at radius 3 is 2.76 bits per heavy atom. The molecule has 6 atom stereocenters. The van der Waals surface area contributed by atoms with Crippen LogP contribution in [-0.4, -0.2) is 47.1 Å². The topological polar surface area (TPSA) is 93.1 Å². The van der Waals surface area contributed by atoms with Crippen LogP contribution in [0.3, 0.4) is 0 Å². The van der Waals surface area contributed by atoms with Gasteiger partial charge in [0.15, 0.2) is 0 Å². The Kier molecular flexibility index (Phi) is 4.37. The fourth-order valence-electron chi connectivity index (χ4n) is 4.63. The van der Waals surface area contributed by atoms with E-state index in [1.54, 1.807) is 0 Å². The molecular weight excluding hydrogens is 324 g/mol. The van der Waals surface area contributed by atoms with Crippen molar-refractivity contribution in [1.29, 1.82) is 0 Å². The molecule has 0 bridgehead atoms. The van der Waals surface area contributed by atoms with Gasteiger partial charge in [0.25, 0.3) is 0 Å². The molecule has 0 aromatic carbocycles. The summed E-state index contributed by atoms with van der Waals surface area (Å²) in [5.41, 5.74) is 0.530. The molecule has 6 heteroatoms. The van der Waals surface area contributed by atoms with Gasteiger partial charge in [-0.1, -0.05) is 32.2 Å². The van der Waals surface area contributed by atoms with Gasteiger partial charge in [-0.25, -0.2) is 9.59 Å². The maximum absolute atomic E-state index is 12.1. The lowest BCUT2D eigenvalue weighted by atomic mass is 9.53. The molecule has 136 valence electrons. The first-order chi connectivity index (χ1) is 11.7. The Balaban J connectivity index is 1.98. The molecule has 1 aliphatic heterocycles. The van der Waals surface area contributed by atoms with Gasteiger partial charge in [-0.05, 0) is 19.3 Å². The van der Waals surface area contributed by atoms with E-state index < -0.39 is 48.2 Å². The number of esters is 2. The molecule has 1 heterocycles. The third-order valence-electron chi connectivity index (χ3n) is 6.02. The van der Waals surface area contributed by atoms with Crippen LogP contribution in [-0.2, 0) is 19.1 Å². The quantitative estimate of drug-likeness (QED) is 0.453. The number of hydrogen-bond donors (Lipinski definition) is 2. The Bertz CT molecular complexity index is 665. The second-order valence-corrected chi connectivity index (χ2v) is 7.53. The number of carbonyl (C=O) groups excluding carboxylic acids is 2. The maximum atomic E-state index is 12.1. The Hall–Kier alpha value is -1.92. The van der Waals surface area contributed by atoms with Gasteiger partial charge in [-0.15, -0.1) is 0 Å². The first-order valence-corrected chi connectivity index (χ1v) is 8.45. The molecule has 1 saturated heterocycles. The minimum Gasteiger partial charge on any atom is -0.458 e. The highest BCUT2D eigenvalue weighted by Gasteiger charge is 2.62. The minimum absolute atomic E-state index is 0.0618. The van der Waals surface area contributed by atoms with Crippen molar-refractivity contribution in [2.75, 3.05) is 6.61 Å². The van der Waals surface area contributed by atoms with Crippen molar-refractivity contribution < 1.29 is 29.3 Å². The van der Waals surface area contributed by atoms with Crippen LogP contribution in [0.4, 0.5) is 0 Å². The van der Waals surface area contributed by atoms with E-state index in [0.717, 1.165) is 5.57 Å². The average Bonchev–Trinajstić information content (AvgIpc) is 2.85. The fourth-order valence-corrected chi connectivity index (χ4v) is 4.63. The van der Waals surface area contributed by atoms with Crippen LogP contribution in [0.2, 0.25) is 0 Å². The third kappa shape index (κ3) is 2.64. The van der Waals surface area contributed by atoms with Gasteiger partial charge in [0, 0.05) is 16.9 Å². The maximum Gasteiger partial charge on any atom is 0.336 e. The molecule has 2 saturated carbocycles. The van der Waals surface area contributed by atoms with Crippen LogP contribution in [0.1, 0.15) is 26.2 Å². The highest BCUT2D eigenvalue weighted by atomic mass is 16.6. The second-order valence-electron chi connectivity index (χ2n) is 7.53. The predicted octanol–water partition coefficient (Wildman–Crippen LogP) is 1.28. The van der Waals surface area contributed by atoms with Crippen molar-refractivity contribution in [3.63, 3.8) is 0 Å². The number of aliphatic hydroxyl groups excluding tert-OH is 2. The number of fused-ring (bicyclic) bond motifs is 3. The summed E-state index contributed by atoms with van der Waals surface area (Å²) in [5, 5.41) is 19.7. The van der Waals surface area contributed by atoms with Crippen LogP contribution in [0, 0.1) is 17.3 Å². The third-order valence-corrected chi connectivity index (χ3v) is 6.02. The first-order valence-electron chi connectivity index (χ1n) is 8.45. The zero-order valence-corrected chi connectivity index (χ0v) is 14.4. The second kappa shape index (κ2) is 6.11.